The van der Waals surface area contributed by atoms with Gasteiger partial charge in [0.05, 0.1) is 34.0 Å². The number of hydrogen-bond acceptors (Lipinski definition) is 5. The van der Waals surface area contributed by atoms with Gasteiger partial charge in [0.1, 0.15) is 5.82 Å². The Kier molecular flexibility index (Phi) is 4.08. The Hall–Kier alpha value is -1.47. The van der Waals surface area contributed by atoms with Crippen LogP contribution in [0.2, 0.25) is 0 Å². The van der Waals surface area contributed by atoms with Crippen molar-refractivity contribution in [2.45, 2.75) is 12.3 Å². The molecule has 0 radical (unpaired) electrons. The summed E-state index contributed by atoms with van der Waals surface area (Å²) in [7, 11) is 0. The molecule has 2 atom stereocenters. The van der Waals surface area contributed by atoms with Crippen LogP contribution in [0.3, 0.4) is 0 Å². The van der Waals surface area contributed by atoms with Crippen LogP contribution in [-0.4, -0.2) is 35.6 Å². The van der Waals surface area contributed by atoms with Crippen LogP contribution in [0.1, 0.15) is 17.9 Å². The van der Waals surface area contributed by atoms with Crippen LogP contribution < -0.4 is 0 Å². The van der Waals surface area contributed by atoms with Crippen molar-refractivity contribution in [1.82, 2.24) is 0 Å². The van der Waals surface area contributed by atoms with Gasteiger partial charge in [-0.25, -0.2) is 9.18 Å². The molecule has 0 saturated carbocycles. The Morgan fingerprint density at radius 1 is 1.25 bits per heavy atom. The summed E-state index contributed by atoms with van der Waals surface area (Å²) >= 11 is 4.74. The molecule has 7 heteroatoms. The topological polar surface area (TPSA) is 55.7 Å². The number of Topliss-reactive ketones (excluding diaryl/α,β-unsaturated/α-hetero) is 1. The molecule has 0 aliphatic carbocycles. The van der Waals surface area contributed by atoms with Gasteiger partial charge in [0.25, 0.3) is 0 Å². The number of cyclic esters (lactones) is 1. The van der Waals surface area contributed by atoms with E-state index >= 15 is 0 Å². The van der Waals surface area contributed by atoms with Gasteiger partial charge in [-0.05, 0) is 33.6 Å². The summed E-state index contributed by atoms with van der Waals surface area (Å²) in [5.74, 6) is -0.578. The van der Waals surface area contributed by atoms with E-state index in [0.717, 1.165) is 11.3 Å². The van der Waals surface area contributed by atoms with E-state index in [-0.39, 0.29) is 11.6 Å². The number of halogens is 2. The molecule has 3 heterocycles. The lowest BCUT2D eigenvalue weighted by atomic mass is 9.73. The molecule has 1 aromatic rings. The van der Waals surface area contributed by atoms with Crippen molar-refractivity contribution < 1.29 is 18.7 Å². The molecular formula is C17H13BrFNO3S. The largest absolute Gasteiger partial charge is 0.462 e. The lowest BCUT2D eigenvalue weighted by molar-refractivity contribution is -0.140. The Morgan fingerprint density at radius 2 is 2.08 bits per heavy atom. The van der Waals surface area contributed by atoms with E-state index in [9.17, 15) is 14.0 Å². The minimum absolute atomic E-state index is 0.0559. The standard InChI is InChI=1S/C17H13BrFNO3S/c18-9-5-8(1-2-10(9)19)14-15-12(6-24-7-13(15)21)20-11-3-4-23-17(22)16(11)14/h1-2,5,14-15H,3-4,6-7H2. The first kappa shape index (κ1) is 16.0. The fourth-order valence-corrected chi connectivity index (χ4v) is 4.83. The van der Waals surface area contributed by atoms with Crippen LogP contribution in [0, 0.1) is 11.7 Å². The number of fused-ring (bicyclic) bond motifs is 1. The van der Waals surface area contributed by atoms with Gasteiger partial charge in [0, 0.05) is 23.8 Å². The molecule has 0 amide bonds. The summed E-state index contributed by atoms with van der Waals surface area (Å²) in [4.78, 5) is 29.6. The molecule has 2 unspecified atom stereocenters. The van der Waals surface area contributed by atoms with Gasteiger partial charge < -0.3 is 4.74 Å². The number of ketones is 1. The Balaban J connectivity index is 1.91. The number of ether oxygens (including phenoxy) is 1. The number of thioether (sulfide) groups is 1. The second kappa shape index (κ2) is 6.11. The molecule has 0 bridgehead atoms. The molecule has 1 saturated heterocycles. The van der Waals surface area contributed by atoms with Crippen molar-refractivity contribution in [2.75, 3.05) is 18.1 Å². The van der Waals surface area contributed by atoms with E-state index in [1.165, 1.54) is 6.07 Å². The van der Waals surface area contributed by atoms with E-state index in [0.29, 0.717) is 40.3 Å². The number of aliphatic imine (C=N–C) groups is 1. The Labute approximate surface area is 150 Å². The number of carbonyl (C=O) groups excluding carboxylic acids is 2. The summed E-state index contributed by atoms with van der Waals surface area (Å²) in [6.07, 6.45) is 0.551. The van der Waals surface area contributed by atoms with Crippen molar-refractivity contribution in [3.8, 4) is 0 Å². The maximum absolute atomic E-state index is 13.6. The maximum Gasteiger partial charge on any atom is 0.336 e. The monoisotopic (exact) mass is 409 g/mol. The van der Waals surface area contributed by atoms with E-state index in [1.807, 2.05) is 0 Å². The molecule has 4 rings (SSSR count). The van der Waals surface area contributed by atoms with Gasteiger partial charge >= 0.3 is 5.97 Å². The van der Waals surface area contributed by atoms with Gasteiger partial charge in [0.2, 0.25) is 0 Å². The fraction of sp³-hybridized carbons (Fsp3) is 0.353. The third-order valence-electron chi connectivity index (χ3n) is 4.53. The zero-order valence-electron chi connectivity index (χ0n) is 12.6. The van der Waals surface area contributed by atoms with E-state index in [2.05, 4.69) is 20.9 Å². The summed E-state index contributed by atoms with van der Waals surface area (Å²) in [5, 5.41) is 0. The predicted octanol–water partition coefficient (Wildman–Crippen LogP) is 3.26. The summed E-state index contributed by atoms with van der Waals surface area (Å²) in [6.45, 7) is 0.306. The lowest BCUT2D eigenvalue weighted by Gasteiger charge is -2.37. The average Bonchev–Trinajstić information content (AvgIpc) is 2.56. The van der Waals surface area contributed by atoms with Crippen molar-refractivity contribution in [2.24, 2.45) is 10.9 Å². The van der Waals surface area contributed by atoms with Crippen LogP contribution in [0.25, 0.3) is 0 Å². The normalized spacial score (nSPS) is 26.5. The van der Waals surface area contributed by atoms with Crippen molar-refractivity contribution >= 4 is 45.2 Å². The number of benzene rings is 1. The average molecular weight is 410 g/mol. The molecule has 1 aromatic carbocycles. The molecule has 0 N–H and O–H groups in total. The van der Waals surface area contributed by atoms with Crippen LogP contribution >= 0.6 is 27.7 Å². The summed E-state index contributed by atoms with van der Waals surface area (Å²) in [5.41, 5.74) is 2.70. The van der Waals surface area contributed by atoms with Crippen LogP contribution in [0.15, 0.2) is 38.9 Å². The molecule has 3 aliphatic rings. The highest BCUT2D eigenvalue weighted by Crippen LogP contribution is 2.44. The van der Waals surface area contributed by atoms with E-state index in [4.69, 9.17) is 4.74 Å². The molecule has 1 fully saturated rings. The molecule has 0 aromatic heterocycles. The predicted molar refractivity (Wildman–Crippen MR) is 92.7 cm³/mol. The third kappa shape index (κ3) is 2.54. The van der Waals surface area contributed by atoms with Crippen LogP contribution in [-0.2, 0) is 14.3 Å². The van der Waals surface area contributed by atoms with Crippen molar-refractivity contribution in [1.29, 1.82) is 0 Å². The first-order chi connectivity index (χ1) is 11.6. The molecule has 0 spiro atoms. The van der Waals surface area contributed by atoms with Gasteiger partial charge in [-0.3, -0.25) is 9.79 Å². The quantitative estimate of drug-likeness (QED) is 0.667. The second-order valence-electron chi connectivity index (χ2n) is 5.94. The van der Waals surface area contributed by atoms with Gasteiger partial charge in [0.15, 0.2) is 5.78 Å². The van der Waals surface area contributed by atoms with Crippen molar-refractivity contribution in [3.05, 3.63) is 45.3 Å². The van der Waals surface area contributed by atoms with Crippen molar-refractivity contribution in [3.63, 3.8) is 0 Å². The molecule has 4 nitrogen and oxygen atoms in total. The van der Waals surface area contributed by atoms with Gasteiger partial charge in [-0.15, -0.1) is 11.8 Å². The van der Waals surface area contributed by atoms with E-state index < -0.39 is 17.8 Å². The molecule has 124 valence electrons. The highest BCUT2D eigenvalue weighted by molar-refractivity contribution is 9.10. The smallest absolute Gasteiger partial charge is 0.336 e. The molecule has 24 heavy (non-hydrogen) atoms. The zero-order valence-corrected chi connectivity index (χ0v) is 15.0. The Morgan fingerprint density at radius 3 is 2.88 bits per heavy atom. The highest BCUT2D eigenvalue weighted by Gasteiger charge is 2.45. The Bertz CT molecular complexity index is 820. The first-order valence-electron chi connectivity index (χ1n) is 7.59. The zero-order chi connectivity index (χ0) is 16.8. The van der Waals surface area contributed by atoms with Gasteiger partial charge in [-0.1, -0.05) is 6.07 Å². The SMILES string of the molecule is O=C1OCCC2=C1C(c1ccc(F)c(Br)c1)C1C(=O)CSCC1=N2. The minimum Gasteiger partial charge on any atom is -0.462 e. The fourth-order valence-electron chi connectivity index (χ4n) is 3.50. The number of carbonyl (C=O) groups is 2. The lowest BCUT2D eigenvalue weighted by Crippen LogP contribution is -2.42. The number of rotatable bonds is 1. The second-order valence-corrected chi connectivity index (χ2v) is 7.78. The van der Waals surface area contributed by atoms with Crippen LogP contribution in [0.5, 0.6) is 0 Å². The number of hydrogen-bond donors (Lipinski definition) is 0. The highest BCUT2D eigenvalue weighted by atomic mass is 79.9. The maximum atomic E-state index is 13.6. The minimum atomic E-state index is -0.465. The van der Waals surface area contributed by atoms with Gasteiger partial charge in [-0.2, -0.15) is 0 Å². The first-order valence-corrected chi connectivity index (χ1v) is 9.54. The summed E-state index contributed by atoms with van der Waals surface area (Å²) in [6, 6.07) is 4.63. The summed E-state index contributed by atoms with van der Waals surface area (Å²) < 4.78 is 19.2. The molecule has 3 aliphatic heterocycles. The third-order valence-corrected chi connectivity index (χ3v) is 6.12. The van der Waals surface area contributed by atoms with E-state index in [1.54, 1.807) is 23.9 Å². The number of nitrogens with zero attached hydrogens (tertiary/aromatic N) is 1. The van der Waals surface area contributed by atoms with Crippen LogP contribution in [0.4, 0.5) is 4.39 Å². The molecular weight excluding hydrogens is 397 g/mol. The number of esters is 1.